The molecule has 0 saturated heterocycles. The lowest BCUT2D eigenvalue weighted by Gasteiger charge is -2.24. The van der Waals surface area contributed by atoms with E-state index in [0.29, 0.717) is 10.0 Å². The summed E-state index contributed by atoms with van der Waals surface area (Å²) in [5, 5.41) is 9.13. The molecular formula is C11H11BrFNO3. The number of rotatable bonds is 3. The Balaban J connectivity index is 3.23. The van der Waals surface area contributed by atoms with Gasteiger partial charge in [0.05, 0.1) is 0 Å². The molecule has 0 aromatic heterocycles. The first-order valence-corrected chi connectivity index (χ1v) is 5.55. The van der Waals surface area contributed by atoms with Gasteiger partial charge in [-0.3, -0.25) is 4.79 Å². The van der Waals surface area contributed by atoms with Gasteiger partial charge in [-0.25, -0.2) is 9.18 Å². The first kappa shape index (κ1) is 13.6. The van der Waals surface area contributed by atoms with Crippen molar-refractivity contribution >= 4 is 27.8 Å². The number of likely N-dealkylation sites (N-methyl/N-ethyl adjacent to an activating group) is 1. The molecule has 1 aromatic carbocycles. The van der Waals surface area contributed by atoms with Crippen molar-refractivity contribution in [3.8, 4) is 0 Å². The number of carboxylic acid groups (broad SMARTS) is 1. The molecule has 1 unspecified atom stereocenters. The van der Waals surface area contributed by atoms with Crippen LogP contribution < -0.4 is 0 Å². The van der Waals surface area contributed by atoms with Crippen molar-refractivity contribution in [2.24, 2.45) is 0 Å². The summed E-state index contributed by atoms with van der Waals surface area (Å²) in [6, 6.07) is 2.53. The van der Waals surface area contributed by atoms with E-state index in [-0.39, 0.29) is 5.91 Å². The number of aliphatic carboxylic acids is 1. The maximum Gasteiger partial charge on any atom is 0.331 e. The van der Waals surface area contributed by atoms with Gasteiger partial charge in [0.15, 0.2) is 6.04 Å². The molecule has 1 rings (SSSR count). The van der Waals surface area contributed by atoms with Crippen LogP contribution in [0.15, 0.2) is 22.7 Å². The van der Waals surface area contributed by atoms with Crippen LogP contribution in [-0.2, 0) is 9.59 Å². The zero-order valence-electron chi connectivity index (χ0n) is 9.28. The van der Waals surface area contributed by atoms with Gasteiger partial charge in [0.2, 0.25) is 5.91 Å². The standard InChI is InChI=1S/C11H11BrFNO3/c1-6(15)14(2)10(11(16)17)8-4-3-7(13)5-9(8)12/h3-5,10H,1-2H3,(H,16,17). The average molecular weight is 304 g/mol. The Morgan fingerprint density at radius 3 is 2.47 bits per heavy atom. The number of amides is 1. The molecule has 0 heterocycles. The van der Waals surface area contributed by atoms with Gasteiger partial charge < -0.3 is 10.0 Å². The summed E-state index contributed by atoms with van der Waals surface area (Å²) in [5.41, 5.74) is 0.330. The molecule has 1 atom stereocenters. The first-order valence-electron chi connectivity index (χ1n) is 4.75. The highest BCUT2D eigenvalue weighted by molar-refractivity contribution is 9.10. The molecule has 1 amide bonds. The number of halogens is 2. The molecule has 0 aliphatic heterocycles. The highest BCUT2D eigenvalue weighted by Crippen LogP contribution is 2.28. The van der Waals surface area contributed by atoms with E-state index in [1.807, 2.05) is 0 Å². The SMILES string of the molecule is CC(=O)N(C)C(C(=O)O)c1ccc(F)cc1Br. The number of carboxylic acids is 1. The summed E-state index contributed by atoms with van der Waals surface area (Å²) < 4.78 is 13.2. The van der Waals surface area contributed by atoms with Gasteiger partial charge in [0, 0.05) is 24.0 Å². The molecule has 1 aromatic rings. The van der Waals surface area contributed by atoms with Crippen LogP contribution in [0.5, 0.6) is 0 Å². The van der Waals surface area contributed by atoms with Gasteiger partial charge in [0.1, 0.15) is 5.82 Å². The number of hydrogen-bond acceptors (Lipinski definition) is 2. The Labute approximate surface area is 106 Å². The lowest BCUT2D eigenvalue weighted by atomic mass is 10.1. The quantitative estimate of drug-likeness (QED) is 0.931. The zero-order chi connectivity index (χ0) is 13.2. The van der Waals surface area contributed by atoms with Crippen molar-refractivity contribution in [2.45, 2.75) is 13.0 Å². The van der Waals surface area contributed by atoms with Crippen molar-refractivity contribution in [2.75, 3.05) is 7.05 Å². The fraction of sp³-hybridized carbons (Fsp3) is 0.273. The van der Waals surface area contributed by atoms with Gasteiger partial charge in [-0.1, -0.05) is 22.0 Å². The van der Waals surface area contributed by atoms with E-state index < -0.39 is 17.8 Å². The minimum Gasteiger partial charge on any atom is -0.479 e. The molecule has 0 saturated carbocycles. The summed E-state index contributed by atoms with van der Waals surface area (Å²) in [6.45, 7) is 1.27. The topological polar surface area (TPSA) is 57.6 Å². The monoisotopic (exact) mass is 303 g/mol. The molecule has 6 heteroatoms. The third kappa shape index (κ3) is 3.03. The molecule has 0 spiro atoms. The predicted octanol–water partition coefficient (Wildman–Crippen LogP) is 2.19. The zero-order valence-corrected chi connectivity index (χ0v) is 10.9. The van der Waals surface area contributed by atoms with E-state index in [9.17, 15) is 14.0 Å². The molecular weight excluding hydrogens is 293 g/mol. The van der Waals surface area contributed by atoms with Gasteiger partial charge in [0.25, 0.3) is 0 Å². The van der Waals surface area contributed by atoms with Gasteiger partial charge in [-0.2, -0.15) is 0 Å². The van der Waals surface area contributed by atoms with Crippen molar-refractivity contribution in [1.29, 1.82) is 0 Å². The molecule has 0 fully saturated rings. The van der Waals surface area contributed by atoms with E-state index in [2.05, 4.69) is 15.9 Å². The van der Waals surface area contributed by atoms with Gasteiger partial charge in [-0.05, 0) is 12.1 Å². The van der Waals surface area contributed by atoms with Gasteiger partial charge in [-0.15, -0.1) is 0 Å². The Morgan fingerprint density at radius 1 is 1.47 bits per heavy atom. The molecule has 1 N–H and O–H groups in total. The minimum atomic E-state index is -1.17. The number of nitrogens with zero attached hydrogens (tertiary/aromatic N) is 1. The molecule has 0 bridgehead atoms. The second-order valence-corrected chi connectivity index (χ2v) is 4.39. The lowest BCUT2D eigenvalue weighted by Crippen LogP contribution is -2.34. The molecule has 17 heavy (non-hydrogen) atoms. The highest BCUT2D eigenvalue weighted by Gasteiger charge is 2.28. The largest absolute Gasteiger partial charge is 0.479 e. The summed E-state index contributed by atoms with van der Waals surface area (Å²) in [5.74, 6) is -2.03. The van der Waals surface area contributed by atoms with Crippen molar-refractivity contribution in [1.82, 2.24) is 4.90 Å². The number of hydrogen-bond donors (Lipinski definition) is 1. The second-order valence-electron chi connectivity index (χ2n) is 3.54. The maximum absolute atomic E-state index is 12.9. The smallest absolute Gasteiger partial charge is 0.331 e. The average Bonchev–Trinajstić information content (AvgIpc) is 2.20. The Hall–Kier alpha value is -1.43. The summed E-state index contributed by atoms with van der Waals surface area (Å²) in [6.07, 6.45) is 0. The Bertz CT molecular complexity index is 464. The number of benzene rings is 1. The van der Waals surface area contributed by atoms with Crippen LogP contribution in [0.25, 0.3) is 0 Å². The molecule has 4 nitrogen and oxygen atoms in total. The third-order valence-electron chi connectivity index (χ3n) is 2.37. The van der Waals surface area contributed by atoms with Crippen molar-refractivity contribution in [3.05, 3.63) is 34.1 Å². The van der Waals surface area contributed by atoms with E-state index in [4.69, 9.17) is 5.11 Å². The van der Waals surface area contributed by atoms with Crippen LogP contribution in [0.1, 0.15) is 18.5 Å². The molecule has 92 valence electrons. The fourth-order valence-corrected chi connectivity index (χ4v) is 1.98. The Morgan fingerprint density at radius 2 is 2.06 bits per heavy atom. The van der Waals surface area contributed by atoms with E-state index >= 15 is 0 Å². The van der Waals surface area contributed by atoms with Crippen molar-refractivity contribution < 1.29 is 19.1 Å². The van der Waals surface area contributed by atoms with Crippen LogP contribution in [0.3, 0.4) is 0 Å². The van der Waals surface area contributed by atoms with Crippen LogP contribution in [0, 0.1) is 5.82 Å². The first-order chi connectivity index (χ1) is 7.84. The molecule has 0 radical (unpaired) electrons. The third-order valence-corrected chi connectivity index (χ3v) is 3.06. The normalized spacial score (nSPS) is 12.0. The summed E-state index contributed by atoms with van der Waals surface area (Å²) in [7, 11) is 1.39. The van der Waals surface area contributed by atoms with E-state index in [1.54, 1.807) is 0 Å². The highest BCUT2D eigenvalue weighted by atomic mass is 79.9. The fourth-order valence-electron chi connectivity index (χ4n) is 1.41. The number of carbonyl (C=O) groups is 2. The van der Waals surface area contributed by atoms with Crippen LogP contribution in [-0.4, -0.2) is 28.9 Å². The summed E-state index contributed by atoms with van der Waals surface area (Å²) >= 11 is 3.09. The lowest BCUT2D eigenvalue weighted by molar-refractivity contribution is -0.148. The van der Waals surface area contributed by atoms with Crippen LogP contribution in [0.4, 0.5) is 4.39 Å². The van der Waals surface area contributed by atoms with Crippen LogP contribution in [0.2, 0.25) is 0 Å². The molecule has 0 aliphatic rings. The van der Waals surface area contributed by atoms with E-state index in [0.717, 1.165) is 11.0 Å². The summed E-state index contributed by atoms with van der Waals surface area (Å²) in [4.78, 5) is 23.5. The van der Waals surface area contributed by atoms with Crippen LogP contribution >= 0.6 is 15.9 Å². The molecule has 0 aliphatic carbocycles. The van der Waals surface area contributed by atoms with Crippen molar-refractivity contribution in [3.63, 3.8) is 0 Å². The number of carbonyl (C=O) groups excluding carboxylic acids is 1. The Kier molecular flexibility index (Phi) is 4.22. The second kappa shape index (κ2) is 5.27. The minimum absolute atomic E-state index is 0.318. The van der Waals surface area contributed by atoms with E-state index in [1.165, 1.54) is 26.1 Å². The van der Waals surface area contributed by atoms with Gasteiger partial charge >= 0.3 is 5.97 Å². The maximum atomic E-state index is 12.9. The predicted molar refractivity (Wildman–Crippen MR) is 62.9 cm³/mol.